The second kappa shape index (κ2) is 4.70. The quantitative estimate of drug-likeness (QED) is 0.468. The molecule has 0 amide bonds. The third-order valence-electron chi connectivity index (χ3n) is 2.33. The lowest BCUT2D eigenvalue weighted by Gasteiger charge is -2.09. The highest BCUT2D eigenvalue weighted by Crippen LogP contribution is 2.29. The second-order valence-electron chi connectivity index (χ2n) is 3.64. The fraction of sp³-hybridized carbons (Fsp3) is 0.600. The molecule has 0 aliphatic heterocycles. The van der Waals surface area contributed by atoms with E-state index in [-0.39, 0.29) is 5.84 Å². The van der Waals surface area contributed by atoms with E-state index in [9.17, 15) is 0 Å². The molecule has 1 unspecified atom stereocenters. The molecule has 0 saturated heterocycles. The van der Waals surface area contributed by atoms with E-state index in [2.05, 4.69) is 18.9 Å². The van der Waals surface area contributed by atoms with Crippen LogP contribution < -0.4 is 5.73 Å². The number of nitrogens with one attached hydrogen (secondary N) is 1. The predicted molar refractivity (Wildman–Crippen MR) is 64.6 cm³/mol. The van der Waals surface area contributed by atoms with Crippen molar-refractivity contribution in [1.29, 1.82) is 5.41 Å². The van der Waals surface area contributed by atoms with Gasteiger partial charge in [0.05, 0.1) is 11.3 Å². The molecule has 0 fully saturated rings. The molecule has 84 valence electrons. The Kier molecular flexibility index (Phi) is 3.79. The van der Waals surface area contributed by atoms with E-state index in [0.717, 1.165) is 22.7 Å². The van der Waals surface area contributed by atoms with E-state index in [0.29, 0.717) is 5.25 Å². The second-order valence-corrected chi connectivity index (χ2v) is 5.07. The Hall–Kier alpha value is -0.970. The summed E-state index contributed by atoms with van der Waals surface area (Å²) in [5.41, 5.74) is 7.17. The van der Waals surface area contributed by atoms with Crippen molar-refractivity contribution in [3.63, 3.8) is 0 Å². The molecule has 0 aromatic carbocycles. The number of rotatable bonds is 4. The summed E-state index contributed by atoms with van der Waals surface area (Å²) in [4.78, 5) is 0. The molecule has 0 saturated carbocycles. The standard InChI is InChI=1S/C10H18N4S/c1-5-6(2)15-10-8(9(11)12)7(3)13-14(10)4/h6H,5H2,1-4H3,(H3,11,12). The molecule has 3 N–H and O–H groups in total. The van der Waals surface area contributed by atoms with Crippen LogP contribution in [-0.2, 0) is 7.05 Å². The monoisotopic (exact) mass is 226 g/mol. The lowest BCUT2D eigenvalue weighted by Crippen LogP contribution is -2.13. The van der Waals surface area contributed by atoms with Crippen molar-refractivity contribution in [2.75, 3.05) is 0 Å². The Morgan fingerprint density at radius 1 is 1.67 bits per heavy atom. The van der Waals surface area contributed by atoms with E-state index < -0.39 is 0 Å². The fourth-order valence-corrected chi connectivity index (χ4v) is 2.47. The average Bonchev–Trinajstić information content (AvgIpc) is 2.41. The molecule has 0 aliphatic carbocycles. The van der Waals surface area contributed by atoms with Gasteiger partial charge in [0.1, 0.15) is 10.9 Å². The zero-order chi connectivity index (χ0) is 11.6. The minimum Gasteiger partial charge on any atom is -0.384 e. The van der Waals surface area contributed by atoms with Gasteiger partial charge < -0.3 is 5.73 Å². The molecule has 0 spiro atoms. The Balaban J connectivity index is 3.09. The third kappa shape index (κ3) is 2.53. The zero-order valence-corrected chi connectivity index (χ0v) is 10.5. The average molecular weight is 226 g/mol. The van der Waals surface area contributed by atoms with Gasteiger partial charge in [0.15, 0.2) is 0 Å². The van der Waals surface area contributed by atoms with Gasteiger partial charge in [-0.3, -0.25) is 10.1 Å². The molecule has 15 heavy (non-hydrogen) atoms. The fourth-order valence-electron chi connectivity index (χ4n) is 1.36. The Morgan fingerprint density at radius 2 is 2.27 bits per heavy atom. The highest BCUT2D eigenvalue weighted by atomic mass is 32.2. The lowest BCUT2D eigenvalue weighted by molar-refractivity contribution is 0.689. The summed E-state index contributed by atoms with van der Waals surface area (Å²) >= 11 is 1.73. The summed E-state index contributed by atoms with van der Waals surface area (Å²) < 4.78 is 1.81. The number of nitrogens with zero attached hydrogens (tertiary/aromatic N) is 2. The zero-order valence-electron chi connectivity index (χ0n) is 9.66. The van der Waals surface area contributed by atoms with Gasteiger partial charge in [-0.2, -0.15) is 5.10 Å². The number of hydrogen-bond acceptors (Lipinski definition) is 3. The molecule has 1 aromatic rings. The van der Waals surface area contributed by atoms with Crippen LogP contribution in [0.25, 0.3) is 0 Å². The van der Waals surface area contributed by atoms with Gasteiger partial charge in [-0.1, -0.05) is 13.8 Å². The molecule has 1 aromatic heterocycles. The topological polar surface area (TPSA) is 67.7 Å². The molecule has 0 radical (unpaired) electrons. The van der Waals surface area contributed by atoms with Crippen molar-refractivity contribution >= 4 is 17.6 Å². The minimum atomic E-state index is 0.103. The van der Waals surface area contributed by atoms with Crippen LogP contribution in [0.2, 0.25) is 0 Å². The predicted octanol–water partition coefficient (Wildman–Crippen LogP) is 1.90. The first-order valence-electron chi connectivity index (χ1n) is 5.02. The first-order valence-corrected chi connectivity index (χ1v) is 5.90. The Bertz CT molecular complexity index is 370. The maximum atomic E-state index is 7.54. The van der Waals surface area contributed by atoms with Gasteiger partial charge >= 0.3 is 0 Å². The van der Waals surface area contributed by atoms with Crippen LogP contribution in [0.4, 0.5) is 0 Å². The maximum absolute atomic E-state index is 7.54. The molecule has 0 aliphatic rings. The summed E-state index contributed by atoms with van der Waals surface area (Å²) in [6, 6.07) is 0. The van der Waals surface area contributed by atoms with E-state index >= 15 is 0 Å². The molecule has 1 rings (SSSR count). The summed E-state index contributed by atoms with van der Waals surface area (Å²) in [7, 11) is 1.89. The van der Waals surface area contributed by atoms with Crippen LogP contribution in [0.3, 0.4) is 0 Å². The first kappa shape index (κ1) is 12.1. The van der Waals surface area contributed by atoms with Gasteiger partial charge in [0.2, 0.25) is 0 Å². The number of amidine groups is 1. The van der Waals surface area contributed by atoms with Gasteiger partial charge in [-0.05, 0) is 13.3 Å². The van der Waals surface area contributed by atoms with Crippen LogP contribution in [-0.4, -0.2) is 20.9 Å². The largest absolute Gasteiger partial charge is 0.384 e. The molecule has 4 nitrogen and oxygen atoms in total. The number of nitrogens with two attached hydrogens (primary N) is 1. The summed E-state index contributed by atoms with van der Waals surface area (Å²) in [6.07, 6.45) is 1.09. The molecule has 5 heteroatoms. The van der Waals surface area contributed by atoms with Gasteiger partial charge in [0.25, 0.3) is 0 Å². The van der Waals surface area contributed by atoms with Crippen molar-refractivity contribution in [2.24, 2.45) is 12.8 Å². The summed E-state index contributed by atoms with van der Waals surface area (Å²) in [5.74, 6) is 0.103. The number of aromatic nitrogens is 2. The normalized spacial score (nSPS) is 12.8. The third-order valence-corrected chi connectivity index (χ3v) is 3.75. The van der Waals surface area contributed by atoms with Gasteiger partial charge in [-0.15, -0.1) is 11.8 Å². The van der Waals surface area contributed by atoms with Crippen LogP contribution in [0.15, 0.2) is 5.03 Å². The molecular weight excluding hydrogens is 208 g/mol. The first-order chi connectivity index (χ1) is 6.97. The smallest absolute Gasteiger partial charge is 0.127 e. The van der Waals surface area contributed by atoms with Gasteiger partial charge in [0, 0.05) is 12.3 Å². The van der Waals surface area contributed by atoms with Crippen LogP contribution in [0.1, 0.15) is 31.5 Å². The minimum absolute atomic E-state index is 0.103. The number of aryl methyl sites for hydroxylation is 2. The number of thioether (sulfide) groups is 1. The van der Waals surface area contributed by atoms with E-state index in [1.165, 1.54) is 0 Å². The lowest BCUT2D eigenvalue weighted by atomic mass is 10.2. The Labute approximate surface area is 94.7 Å². The van der Waals surface area contributed by atoms with E-state index in [1.54, 1.807) is 11.8 Å². The van der Waals surface area contributed by atoms with Crippen LogP contribution >= 0.6 is 11.8 Å². The SMILES string of the molecule is CCC(C)Sc1c(C(=N)N)c(C)nn1C. The summed E-state index contributed by atoms with van der Waals surface area (Å²) in [5, 5.41) is 13.3. The molecule has 1 heterocycles. The van der Waals surface area contributed by atoms with Crippen molar-refractivity contribution in [3.8, 4) is 0 Å². The number of hydrogen-bond donors (Lipinski definition) is 2. The molecule has 1 atom stereocenters. The van der Waals surface area contributed by atoms with Crippen molar-refractivity contribution in [2.45, 2.75) is 37.5 Å². The van der Waals surface area contributed by atoms with Crippen molar-refractivity contribution < 1.29 is 0 Å². The highest BCUT2D eigenvalue weighted by molar-refractivity contribution is 7.99. The van der Waals surface area contributed by atoms with Gasteiger partial charge in [-0.25, -0.2) is 0 Å². The molecular formula is C10H18N4S. The number of nitrogen functional groups attached to an aromatic ring is 1. The van der Waals surface area contributed by atoms with Crippen molar-refractivity contribution in [3.05, 3.63) is 11.3 Å². The van der Waals surface area contributed by atoms with E-state index in [4.69, 9.17) is 11.1 Å². The van der Waals surface area contributed by atoms with Crippen molar-refractivity contribution in [1.82, 2.24) is 9.78 Å². The molecule has 0 bridgehead atoms. The summed E-state index contributed by atoms with van der Waals surface area (Å²) in [6.45, 7) is 6.20. The maximum Gasteiger partial charge on any atom is 0.127 e. The van der Waals surface area contributed by atoms with Crippen LogP contribution in [0.5, 0.6) is 0 Å². The van der Waals surface area contributed by atoms with E-state index in [1.807, 2.05) is 18.7 Å². The van der Waals surface area contributed by atoms with Crippen LogP contribution in [0, 0.1) is 12.3 Å². The highest BCUT2D eigenvalue weighted by Gasteiger charge is 2.17. The Morgan fingerprint density at radius 3 is 2.73 bits per heavy atom.